The number of benzene rings is 1. The number of piperidine rings is 2. The predicted molar refractivity (Wildman–Crippen MR) is 127 cm³/mol. The Balaban J connectivity index is 1.09. The number of nitrogens with one attached hydrogen (secondary N) is 2. The zero-order chi connectivity index (χ0) is 22.4. The molecule has 1 aromatic heterocycles. The molecular formula is C25H34N6O2. The molecule has 1 aromatic carbocycles. The maximum Gasteiger partial charge on any atom is 0.328 e. The van der Waals surface area contributed by atoms with Crippen LogP contribution >= 0.6 is 0 Å². The number of amides is 3. The van der Waals surface area contributed by atoms with Crippen LogP contribution in [-0.2, 0) is 4.79 Å². The predicted octanol–water partition coefficient (Wildman–Crippen LogP) is 2.90. The summed E-state index contributed by atoms with van der Waals surface area (Å²) in [6, 6.07) is 6.07. The minimum absolute atomic E-state index is 0.210. The van der Waals surface area contributed by atoms with Gasteiger partial charge in [0.15, 0.2) is 0 Å². The first-order valence-electron chi connectivity index (χ1n) is 12.6. The number of aromatic nitrogens is 2. The second-order valence-electron chi connectivity index (χ2n) is 10.6. The van der Waals surface area contributed by atoms with Crippen LogP contribution in [-0.4, -0.2) is 65.9 Å². The normalized spacial score (nSPS) is 24.9. The molecule has 8 heteroatoms. The second-order valence-corrected chi connectivity index (χ2v) is 10.6. The standard InChI is InChI=1S/C25H34N6O2/c32-23-6-13-30(24(33)28-23)21-2-1-3-22-20(21)16-27-31(22)19-4-11-29(12-5-19)17-18-14-25(15-18)7-9-26-10-8-25/h1-3,16,18-19,26H,4-15,17H2,(H,28,32,33). The summed E-state index contributed by atoms with van der Waals surface area (Å²) in [7, 11) is 0. The number of rotatable bonds is 4. The van der Waals surface area contributed by atoms with Gasteiger partial charge in [-0.05, 0) is 75.1 Å². The van der Waals surface area contributed by atoms with Gasteiger partial charge in [-0.15, -0.1) is 0 Å². The molecular weight excluding hydrogens is 416 g/mol. The van der Waals surface area contributed by atoms with Gasteiger partial charge < -0.3 is 10.2 Å². The topological polar surface area (TPSA) is 82.5 Å². The van der Waals surface area contributed by atoms with Gasteiger partial charge in [-0.1, -0.05) is 6.07 Å². The summed E-state index contributed by atoms with van der Waals surface area (Å²) in [5, 5.41) is 11.7. The molecule has 4 aliphatic rings. The van der Waals surface area contributed by atoms with Crippen LogP contribution in [0.15, 0.2) is 24.4 Å². The minimum atomic E-state index is -0.345. The molecule has 0 bridgehead atoms. The van der Waals surface area contributed by atoms with Crippen LogP contribution in [0, 0.1) is 11.3 Å². The number of hydrogen-bond acceptors (Lipinski definition) is 5. The fourth-order valence-corrected chi connectivity index (χ4v) is 6.75. The maximum absolute atomic E-state index is 12.4. The van der Waals surface area contributed by atoms with E-state index in [1.807, 2.05) is 18.3 Å². The summed E-state index contributed by atoms with van der Waals surface area (Å²) >= 11 is 0. The van der Waals surface area contributed by atoms with Crippen LogP contribution in [0.5, 0.6) is 0 Å². The summed E-state index contributed by atoms with van der Waals surface area (Å²) in [4.78, 5) is 28.2. The van der Waals surface area contributed by atoms with Crippen molar-refractivity contribution in [2.75, 3.05) is 44.2 Å². The molecule has 8 nitrogen and oxygen atoms in total. The van der Waals surface area contributed by atoms with Crippen LogP contribution in [0.25, 0.3) is 10.9 Å². The number of carbonyl (C=O) groups excluding carboxylic acids is 2. The molecule has 4 fully saturated rings. The Bertz CT molecular complexity index is 1040. The van der Waals surface area contributed by atoms with Gasteiger partial charge >= 0.3 is 6.03 Å². The van der Waals surface area contributed by atoms with E-state index in [0.29, 0.717) is 24.4 Å². The monoisotopic (exact) mass is 450 g/mol. The van der Waals surface area contributed by atoms with Crippen molar-refractivity contribution in [1.29, 1.82) is 0 Å². The lowest BCUT2D eigenvalue weighted by molar-refractivity contribution is -0.120. The molecule has 2 aromatic rings. The third kappa shape index (κ3) is 3.93. The van der Waals surface area contributed by atoms with Gasteiger partial charge in [-0.2, -0.15) is 5.10 Å². The van der Waals surface area contributed by atoms with E-state index in [2.05, 4.69) is 26.3 Å². The van der Waals surface area contributed by atoms with Crippen molar-refractivity contribution in [3.05, 3.63) is 24.4 Å². The van der Waals surface area contributed by atoms with Crippen molar-refractivity contribution in [3.63, 3.8) is 0 Å². The van der Waals surface area contributed by atoms with E-state index in [1.165, 1.54) is 45.3 Å². The van der Waals surface area contributed by atoms with Crippen molar-refractivity contribution < 1.29 is 9.59 Å². The molecule has 0 unspecified atom stereocenters. The number of anilines is 1. The Labute approximate surface area is 194 Å². The van der Waals surface area contributed by atoms with Crippen molar-refractivity contribution >= 4 is 28.5 Å². The zero-order valence-electron chi connectivity index (χ0n) is 19.3. The van der Waals surface area contributed by atoms with E-state index in [-0.39, 0.29) is 11.9 Å². The van der Waals surface area contributed by atoms with Crippen molar-refractivity contribution in [2.45, 2.75) is 51.0 Å². The molecule has 6 rings (SSSR count). The number of urea groups is 1. The van der Waals surface area contributed by atoms with Gasteiger partial charge in [-0.3, -0.25) is 19.7 Å². The van der Waals surface area contributed by atoms with Crippen LogP contribution in [0.4, 0.5) is 10.5 Å². The highest BCUT2D eigenvalue weighted by Crippen LogP contribution is 2.51. The first-order valence-corrected chi connectivity index (χ1v) is 12.6. The van der Waals surface area contributed by atoms with Crippen molar-refractivity contribution in [3.8, 4) is 0 Å². The molecule has 2 N–H and O–H groups in total. The van der Waals surface area contributed by atoms with Gasteiger partial charge in [0, 0.05) is 38.0 Å². The first-order chi connectivity index (χ1) is 16.1. The summed E-state index contributed by atoms with van der Waals surface area (Å²) in [6.07, 6.45) is 10.0. The number of fused-ring (bicyclic) bond motifs is 1. The molecule has 3 saturated heterocycles. The molecule has 1 aliphatic carbocycles. The first kappa shape index (κ1) is 21.1. The summed E-state index contributed by atoms with van der Waals surface area (Å²) in [6.45, 7) is 6.35. The van der Waals surface area contributed by atoms with E-state index < -0.39 is 0 Å². The second kappa shape index (κ2) is 8.40. The molecule has 3 aliphatic heterocycles. The number of carbonyl (C=O) groups is 2. The Morgan fingerprint density at radius 3 is 2.61 bits per heavy atom. The SMILES string of the molecule is O=C1CCN(c2cccc3c2cnn3C2CCN(CC3CC4(CCNCC4)C3)CC2)C(=O)N1. The fourth-order valence-electron chi connectivity index (χ4n) is 6.75. The van der Waals surface area contributed by atoms with E-state index in [9.17, 15) is 9.59 Å². The molecule has 4 heterocycles. The highest BCUT2D eigenvalue weighted by atomic mass is 16.2. The number of hydrogen-bond donors (Lipinski definition) is 2. The maximum atomic E-state index is 12.4. The van der Waals surface area contributed by atoms with Gasteiger partial charge in [0.1, 0.15) is 0 Å². The van der Waals surface area contributed by atoms with Gasteiger partial charge in [0.2, 0.25) is 5.91 Å². The van der Waals surface area contributed by atoms with Gasteiger partial charge in [-0.25, -0.2) is 4.79 Å². The lowest BCUT2D eigenvalue weighted by atomic mass is 9.57. The van der Waals surface area contributed by atoms with E-state index in [0.717, 1.165) is 48.4 Å². The third-order valence-corrected chi connectivity index (χ3v) is 8.49. The third-order valence-electron chi connectivity index (χ3n) is 8.49. The van der Waals surface area contributed by atoms with Crippen LogP contribution in [0.1, 0.15) is 51.0 Å². The molecule has 0 atom stereocenters. The Morgan fingerprint density at radius 1 is 1.06 bits per heavy atom. The van der Waals surface area contributed by atoms with Crippen LogP contribution in [0.2, 0.25) is 0 Å². The molecule has 0 radical (unpaired) electrons. The Kier molecular flexibility index (Phi) is 5.37. The highest BCUT2D eigenvalue weighted by molar-refractivity contribution is 6.09. The average Bonchev–Trinajstić information content (AvgIpc) is 3.24. The number of likely N-dealkylation sites (tertiary alicyclic amines) is 1. The molecule has 1 saturated carbocycles. The molecule has 176 valence electrons. The van der Waals surface area contributed by atoms with Gasteiger partial charge in [0.25, 0.3) is 0 Å². The Morgan fingerprint density at radius 2 is 1.85 bits per heavy atom. The fraction of sp³-hybridized carbons (Fsp3) is 0.640. The summed E-state index contributed by atoms with van der Waals surface area (Å²) in [5.74, 6) is 0.675. The minimum Gasteiger partial charge on any atom is -0.317 e. The lowest BCUT2D eigenvalue weighted by Gasteiger charge is -2.52. The molecule has 3 amide bonds. The molecule has 33 heavy (non-hydrogen) atoms. The quantitative estimate of drug-likeness (QED) is 0.749. The van der Waals surface area contributed by atoms with Crippen molar-refractivity contribution in [2.24, 2.45) is 11.3 Å². The molecule has 1 spiro atoms. The Hall–Kier alpha value is -2.45. The average molecular weight is 451 g/mol. The number of nitrogens with zero attached hydrogens (tertiary/aromatic N) is 4. The summed E-state index contributed by atoms with van der Waals surface area (Å²) < 4.78 is 2.16. The van der Waals surface area contributed by atoms with E-state index in [1.54, 1.807) is 4.90 Å². The van der Waals surface area contributed by atoms with E-state index in [4.69, 9.17) is 5.10 Å². The lowest BCUT2D eigenvalue weighted by Crippen LogP contribution is -2.49. The van der Waals surface area contributed by atoms with Gasteiger partial charge in [0.05, 0.1) is 23.4 Å². The smallest absolute Gasteiger partial charge is 0.317 e. The zero-order valence-corrected chi connectivity index (χ0v) is 19.3. The summed E-state index contributed by atoms with van der Waals surface area (Å²) in [5.41, 5.74) is 2.57. The van der Waals surface area contributed by atoms with Crippen LogP contribution < -0.4 is 15.5 Å². The van der Waals surface area contributed by atoms with E-state index >= 15 is 0 Å². The largest absolute Gasteiger partial charge is 0.328 e. The van der Waals surface area contributed by atoms with Crippen molar-refractivity contribution in [1.82, 2.24) is 25.3 Å². The number of imide groups is 1. The van der Waals surface area contributed by atoms with Crippen LogP contribution in [0.3, 0.4) is 0 Å². The highest BCUT2D eigenvalue weighted by Gasteiger charge is 2.44.